The molecule has 0 spiro atoms. The van der Waals surface area contributed by atoms with E-state index in [1.54, 1.807) is 24.5 Å². The number of hydrogen-bond acceptors (Lipinski definition) is 2. The second kappa shape index (κ2) is 6.34. The molecule has 1 amide bonds. The van der Waals surface area contributed by atoms with Crippen molar-refractivity contribution in [2.45, 2.75) is 18.8 Å². The number of nitrogens with one attached hydrogen (secondary N) is 1. The summed E-state index contributed by atoms with van der Waals surface area (Å²) in [5.74, 6) is 0.294. The summed E-state index contributed by atoms with van der Waals surface area (Å²) >= 11 is 5.77. The Bertz CT molecular complexity index is 557. The van der Waals surface area contributed by atoms with Crippen LogP contribution in [0.15, 0.2) is 48.8 Å². The molecule has 1 aromatic carbocycles. The third-order valence-corrected chi connectivity index (χ3v) is 3.18. The zero-order valence-corrected chi connectivity index (χ0v) is 11.4. The Morgan fingerprint density at radius 2 is 2.21 bits per heavy atom. The molecule has 2 rings (SSSR count). The molecule has 0 fully saturated rings. The lowest BCUT2D eigenvalue weighted by Gasteiger charge is -2.14. The number of halogens is 1. The van der Waals surface area contributed by atoms with Crippen LogP contribution in [0.5, 0.6) is 0 Å². The predicted octanol–water partition coefficient (Wildman–Crippen LogP) is 3.31. The normalized spacial score (nSPS) is 11.9. The molecule has 19 heavy (non-hydrogen) atoms. The first-order valence-electron chi connectivity index (χ1n) is 6.06. The number of aromatic nitrogens is 1. The van der Waals surface area contributed by atoms with Gasteiger partial charge < -0.3 is 5.32 Å². The van der Waals surface area contributed by atoms with Gasteiger partial charge in [0.2, 0.25) is 0 Å². The third kappa shape index (κ3) is 3.55. The first-order chi connectivity index (χ1) is 9.20. The van der Waals surface area contributed by atoms with Gasteiger partial charge in [-0.15, -0.1) is 11.6 Å². The summed E-state index contributed by atoms with van der Waals surface area (Å²) in [6, 6.07) is 11.0. The van der Waals surface area contributed by atoms with E-state index in [9.17, 15) is 4.79 Å². The van der Waals surface area contributed by atoms with Crippen molar-refractivity contribution in [3.63, 3.8) is 0 Å². The van der Waals surface area contributed by atoms with Crippen molar-refractivity contribution in [3.05, 3.63) is 65.5 Å². The molecule has 98 valence electrons. The van der Waals surface area contributed by atoms with E-state index < -0.39 is 0 Å². The van der Waals surface area contributed by atoms with Crippen molar-refractivity contribution >= 4 is 17.5 Å². The largest absolute Gasteiger partial charge is 0.345 e. The van der Waals surface area contributed by atoms with Gasteiger partial charge in [-0.2, -0.15) is 0 Å². The number of hydrogen-bond donors (Lipinski definition) is 1. The van der Waals surface area contributed by atoms with Crippen LogP contribution in [-0.4, -0.2) is 10.9 Å². The van der Waals surface area contributed by atoms with E-state index in [0.717, 1.165) is 11.1 Å². The molecule has 0 saturated heterocycles. The third-order valence-electron chi connectivity index (χ3n) is 2.88. The lowest BCUT2D eigenvalue weighted by atomic mass is 10.1. The SMILES string of the molecule is C[C@H](NC(=O)c1cccc(CCl)c1)c1cccnc1. The van der Waals surface area contributed by atoms with Crippen molar-refractivity contribution in [1.29, 1.82) is 0 Å². The second-order valence-electron chi connectivity index (χ2n) is 4.32. The maximum Gasteiger partial charge on any atom is 0.251 e. The number of carbonyl (C=O) groups excluding carboxylic acids is 1. The van der Waals surface area contributed by atoms with Crippen LogP contribution < -0.4 is 5.32 Å². The fourth-order valence-corrected chi connectivity index (χ4v) is 1.96. The zero-order chi connectivity index (χ0) is 13.7. The number of alkyl halides is 1. The van der Waals surface area contributed by atoms with Crippen LogP contribution in [0.4, 0.5) is 0 Å². The van der Waals surface area contributed by atoms with Gasteiger partial charge in [0.15, 0.2) is 0 Å². The summed E-state index contributed by atoms with van der Waals surface area (Å²) in [6.45, 7) is 1.93. The summed E-state index contributed by atoms with van der Waals surface area (Å²) in [6.07, 6.45) is 3.46. The number of rotatable bonds is 4. The number of pyridine rings is 1. The first kappa shape index (κ1) is 13.6. The van der Waals surface area contributed by atoms with Gasteiger partial charge in [-0.3, -0.25) is 9.78 Å². The first-order valence-corrected chi connectivity index (χ1v) is 6.60. The molecule has 1 atom stereocenters. The zero-order valence-electron chi connectivity index (χ0n) is 10.6. The minimum atomic E-state index is -0.108. The summed E-state index contributed by atoms with van der Waals surface area (Å²) < 4.78 is 0. The smallest absolute Gasteiger partial charge is 0.251 e. The highest BCUT2D eigenvalue weighted by atomic mass is 35.5. The van der Waals surface area contributed by atoms with Crippen LogP contribution in [0, 0.1) is 0 Å². The van der Waals surface area contributed by atoms with Crippen LogP contribution >= 0.6 is 11.6 Å². The van der Waals surface area contributed by atoms with Crippen LogP contribution in [-0.2, 0) is 5.88 Å². The molecule has 0 aliphatic carbocycles. The minimum Gasteiger partial charge on any atom is -0.345 e. The fraction of sp³-hybridized carbons (Fsp3) is 0.200. The molecule has 4 heteroatoms. The molecule has 0 unspecified atom stereocenters. The Morgan fingerprint density at radius 1 is 1.37 bits per heavy atom. The van der Waals surface area contributed by atoms with Crippen molar-refractivity contribution < 1.29 is 4.79 Å². The van der Waals surface area contributed by atoms with Gasteiger partial charge >= 0.3 is 0 Å². The van der Waals surface area contributed by atoms with E-state index in [4.69, 9.17) is 11.6 Å². The molecule has 1 heterocycles. The lowest BCUT2D eigenvalue weighted by Crippen LogP contribution is -2.26. The molecule has 0 aliphatic heterocycles. The van der Waals surface area contributed by atoms with Crippen molar-refractivity contribution in [2.24, 2.45) is 0 Å². The van der Waals surface area contributed by atoms with E-state index in [-0.39, 0.29) is 11.9 Å². The molecule has 0 radical (unpaired) electrons. The minimum absolute atomic E-state index is 0.0825. The Hall–Kier alpha value is -1.87. The van der Waals surface area contributed by atoms with Gasteiger partial charge in [0.05, 0.1) is 6.04 Å². The molecule has 1 N–H and O–H groups in total. The van der Waals surface area contributed by atoms with Crippen LogP contribution in [0.2, 0.25) is 0 Å². The highest BCUT2D eigenvalue weighted by Crippen LogP contribution is 2.12. The van der Waals surface area contributed by atoms with Crippen LogP contribution in [0.25, 0.3) is 0 Å². The second-order valence-corrected chi connectivity index (χ2v) is 4.58. The predicted molar refractivity (Wildman–Crippen MR) is 76.1 cm³/mol. The van der Waals surface area contributed by atoms with Gasteiger partial charge in [-0.1, -0.05) is 18.2 Å². The summed E-state index contributed by atoms with van der Waals surface area (Å²) in [7, 11) is 0. The average molecular weight is 275 g/mol. The molecule has 2 aromatic rings. The monoisotopic (exact) mass is 274 g/mol. The summed E-state index contributed by atoms with van der Waals surface area (Å²) in [4.78, 5) is 16.2. The van der Waals surface area contributed by atoms with Gasteiger partial charge in [0.1, 0.15) is 0 Å². The molecule has 0 bridgehead atoms. The fourth-order valence-electron chi connectivity index (χ4n) is 1.79. The van der Waals surface area contributed by atoms with Crippen LogP contribution in [0.1, 0.15) is 34.5 Å². The number of carbonyl (C=O) groups is 1. The standard InChI is InChI=1S/C15H15ClN2O/c1-11(14-6-3-7-17-10-14)18-15(19)13-5-2-4-12(8-13)9-16/h2-8,10-11H,9H2,1H3,(H,18,19)/t11-/m0/s1. The van der Waals surface area contributed by atoms with Gasteiger partial charge in [-0.05, 0) is 36.2 Å². The van der Waals surface area contributed by atoms with Crippen LogP contribution in [0.3, 0.4) is 0 Å². The lowest BCUT2D eigenvalue weighted by molar-refractivity contribution is 0.0940. The van der Waals surface area contributed by atoms with Crippen molar-refractivity contribution in [3.8, 4) is 0 Å². The average Bonchev–Trinajstić information content (AvgIpc) is 2.48. The molecule has 0 saturated carbocycles. The topological polar surface area (TPSA) is 42.0 Å². The summed E-state index contributed by atoms with van der Waals surface area (Å²) in [5.41, 5.74) is 2.53. The summed E-state index contributed by atoms with van der Waals surface area (Å²) in [5, 5.41) is 2.94. The van der Waals surface area contributed by atoms with E-state index in [1.165, 1.54) is 0 Å². The molecular formula is C15H15ClN2O. The highest BCUT2D eigenvalue weighted by molar-refractivity contribution is 6.17. The maximum atomic E-state index is 12.1. The Balaban J connectivity index is 2.08. The Morgan fingerprint density at radius 3 is 2.89 bits per heavy atom. The molecular weight excluding hydrogens is 260 g/mol. The number of nitrogens with zero attached hydrogens (tertiary/aromatic N) is 1. The van der Waals surface area contributed by atoms with Gasteiger partial charge in [0, 0.05) is 23.8 Å². The van der Waals surface area contributed by atoms with E-state index >= 15 is 0 Å². The molecule has 0 aliphatic rings. The van der Waals surface area contributed by atoms with Gasteiger partial charge in [0.25, 0.3) is 5.91 Å². The van der Waals surface area contributed by atoms with E-state index in [2.05, 4.69) is 10.3 Å². The maximum absolute atomic E-state index is 12.1. The number of benzene rings is 1. The molecule has 3 nitrogen and oxygen atoms in total. The Kier molecular flexibility index (Phi) is 4.53. The Labute approximate surface area is 117 Å². The van der Waals surface area contributed by atoms with Crippen molar-refractivity contribution in [2.75, 3.05) is 0 Å². The van der Waals surface area contributed by atoms with Crippen molar-refractivity contribution in [1.82, 2.24) is 10.3 Å². The van der Waals surface area contributed by atoms with Gasteiger partial charge in [-0.25, -0.2) is 0 Å². The van der Waals surface area contributed by atoms with E-state index in [0.29, 0.717) is 11.4 Å². The van der Waals surface area contributed by atoms with E-state index in [1.807, 2.05) is 31.2 Å². The quantitative estimate of drug-likeness (QED) is 0.869. The number of amides is 1. The highest BCUT2D eigenvalue weighted by Gasteiger charge is 2.11. The molecule has 1 aromatic heterocycles.